The molecule has 2 N–H and O–H groups in total. The molecule has 8 nitrogen and oxygen atoms in total. The summed E-state index contributed by atoms with van der Waals surface area (Å²) < 4.78 is 53.6. The zero-order valence-electron chi connectivity index (χ0n) is 19.3. The number of nitrogens with zero attached hydrogens (tertiary/aromatic N) is 1. The number of anilines is 3. The van der Waals surface area contributed by atoms with E-state index in [2.05, 4.69) is 10.0 Å². The maximum absolute atomic E-state index is 12.8. The molecule has 0 bridgehead atoms. The molecule has 0 radical (unpaired) electrons. The summed E-state index contributed by atoms with van der Waals surface area (Å²) in [5.41, 5.74) is 3.12. The van der Waals surface area contributed by atoms with Crippen LogP contribution >= 0.6 is 0 Å². The Bertz CT molecular complexity index is 1370. The van der Waals surface area contributed by atoms with Crippen molar-refractivity contribution in [3.05, 3.63) is 83.9 Å². The van der Waals surface area contributed by atoms with Crippen molar-refractivity contribution >= 4 is 43.0 Å². The summed E-state index contributed by atoms with van der Waals surface area (Å²) in [5.74, 6) is -0.556. The molecule has 3 aromatic carbocycles. The number of aryl methyl sites for hydroxylation is 2. The van der Waals surface area contributed by atoms with E-state index in [1.807, 2.05) is 13.8 Å². The molecule has 0 spiro atoms. The summed E-state index contributed by atoms with van der Waals surface area (Å²) in [6.07, 6.45) is 1.04. The van der Waals surface area contributed by atoms with Gasteiger partial charge in [0.05, 0.1) is 16.8 Å². The Labute approximate surface area is 200 Å². The van der Waals surface area contributed by atoms with Crippen LogP contribution in [0.2, 0.25) is 0 Å². The minimum atomic E-state index is -3.81. The fourth-order valence-electron chi connectivity index (χ4n) is 3.30. The average molecular weight is 502 g/mol. The Morgan fingerprint density at radius 3 is 1.74 bits per heavy atom. The lowest BCUT2D eigenvalue weighted by atomic mass is 10.2. The second-order valence-electron chi connectivity index (χ2n) is 8.06. The highest BCUT2D eigenvalue weighted by Gasteiger charge is 2.29. The zero-order chi connectivity index (χ0) is 25.1. The van der Waals surface area contributed by atoms with Crippen LogP contribution < -0.4 is 14.3 Å². The van der Waals surface area contributed by atoms with Crippen LogP contribution in [-0.2, 0) is 24.8 Å². The number of carbonyl (C=O) groups excluding carboxylic acids is 1. The van der Waals surface area contributed by atoms with Gasteiger partial charge in [-0.3, -0.25) is 13.8 Å². The molecule has 10 heteroatoms. The van der Waals surface area contributed by atoms with E-state index in [1.165, 1.54) is 31.2 Å². The van der Waals surface area contributed by atoms with E-state index >= 15 is 0 Å². The topological polar surface area (TPSA) is 113 Å². The Morgan fingerprint density at radius 2 is 1.24 bits per heavy atom. The van der Waals surface area contributed by atoms with Crippen LogP contribution in [0.25, 0.3) is 0 Å². The Balaban J connectivity index is 1.75. The monoisotopic (exact) mass is 501 g/mol. The van der Waals surface area contributed by atoms with Gasteiger partial charge in [0.2, 0.25) is 15.9 Å². The normalized spacial score (nSPS) is 12.6. The molecule has 0 unspecified atom stereocenters. The van der Waals surface area contributed by atoms with E-state index in [0.717, 1.165) is 21.7 Å². The molecule has 3 aromatic rings. The molecule has 180 valence electrons. The highest BCUT2D eigenvalue weighted by atomic mass is 32.2. The number of hydrogen-bond acceptors (Lipinski definition) is 5. The molecule has 0 heterocycles. The standard InChI is InChI=1S/C24H27N3O5S2/c1-17-5-9-21(10-6-17)26-34(31,32)23-15-11-20(12-16-23)25-24(28)19(3)27(33(4,29)30)22-13-7-18(2)8-14-22/h5-16,19,26H,1-4H3,(H,25,28)/t19-/m1/s1. The molecule has 0 aliphatic heterocycles. The van der Waals surface area contributed by atoms with Crippen LogP contribution in [0.15, 0.2) is 77.7 Å². The number of amides is 1. The molecule has 1 amide bonds. The van der Waals surface area contributed by atoms with Gasteiger partial charge in [-0.1, -0.05) is 35.4 Å². The SMILES string of the molecule is Cc1ccc(NS(=O)(=O)c2ccc(NC(=O)[C@@H](C)N(c3ccc(C)cc3)S(C)(=O)=O)cc2)cc1. The van der Waals surface area contributed by atoms with Crippen LogP contribution in [0.3, 0.4) is 0 Å². The number of nitrogens with one attached hydrogen (secondary N) is 2. The quantitative estimate of drug-likeness (QED) is 0.486. The van der Waals surface area contributed by atoms with E-state index in [9.17, 15) is 21.6 Å². The summed E-state index contributed by atoms with van der Waals surface area (Å²) in [5, 5.41) is 2.65. The largest absolute Gasteiger partial charge is 0.324 e. The molecule has 0 aliphatic rings. The highest BCUT2D eigenvalue weighted by Crippen LogP contribution is 2.23. The van der Waals surface area contributed by atoms with Crippen LogP contribution in [0.1, 0.15) is 18.1 Å². The predicted molar refractivity (Wildman–Crippen MR) is 135 cm³/mol. The van der Waals surface area contributed by atoms with Gasteiger partial charge in [-0.05, 0) is 69.3 Å². The van der Waals surface area contributed by atoms with Gasteiger partial charge in [-0.2, -0.15) is 0 Å². The lowest BCUT2D eigenvalue weighted by Gasteiger charge is -2.28. The second kappa shape index (κ2) is 9.86. The van der Waals surface area contributed by atoms with Crippen molar-refractivity contribution in [1.82, 2.24) is 0 Å². The van der Waals surface area contributed by atoms with Gasteiger partial charge >= 0.3 is 0 Å². The molecule has 0 fully saturated rings. The molecule has 34 heavy (non-hydrogen) atoms. The van der Waals surface area contributed by atoms with Gasteiger partial charge in [0.15, 0.2) is 0 Å². The molecule has 0 saturated carbocycles. The van der Waals surface area contributed by atoms with E-state index in [0.29, 0.717) is 17.1 Å². The molecule has 1 atom stereocenters. The van der Waals surface area contributed by atoms with E-state index in [4.69, 9.17) is 0 Å². The highest BCUT2D eigenvalue weighted by molar-refractivity contribution is 7.92. The Morgan fingerprint density at radius 1 is 0.765 bits per heavy atom. The van der Waals surface area contributed by atoms with Crippen LogP contribution in [-0.4, -0.2) is 35.0 Å². The van der Waals surface area contributed by atoms with Gasteiger partial charge in [0.25, 0.3) is 10.0 Å². The van der Waals surface area contributed by atoms with Crippen molar-refractivity contribution in [2.24, 2.45) is 0 Å². The predicted octanol–water partition coefficient (Wildman–Crippen LogP) is 3.90. The van der Waals surface area contributed by atoms with Gasteiger partial charge in [0, 0.05) is 11.4 Å². The number of rotatable bonds is 8. The van der Waals surface area contributed by atoms with Crippen molar-refractivity contribution in [3.8, 4) is 0 Å². The van der Waals surface area contributed by atoms with Crippen LogP contribution in [0.5, 0.6) is 0 Å². The second-order valence-corrected chi connectivity index (χ2v) is 11.6. The minimum Gasteiger partial charge on any atom is -0.324 e. The van der Waals surface area contributed by atoms with Crippen molar-refractivity contribution in [1.29, 1.82) is 0 Å². The number of benzene rings is 3. The average Bonchev–Trinajstić information content (AvgIpc) is 2.76. The summed E-state index contributed by atoms with van der Waals surface area (Å²) in [6, 6.07) is 18.3. The fourth-order valence-corrected chi connectivity index (χ4v) is 5.53. The summed E-state index contributed by atoms with van der Waals surface area (Å²) in [6.45, 7) is 5.27. The van der Waals surface area contributed by atoms with Crippen molar-refractivity contribution in [2.75, 3.05) is 20.6 Å². The Hall–Kier alpha value is -3.37. The van der Waals surface area contributed by atoms with E-state index in [-0.39, 0.29) is 4.90 Å². The molecule has 0 aromatic heterocycles. The molecule has 0 saturated heterocycles. The van der Waals surface area contributed by atoms with Gasteiger partial charge < -0.3 is 5.32 Å². The number of sulfonamides is 2. The number of carbonyl (C=O) groups is 1. The zero-order valence-corrected chi connectivity index (χ0v) is 20.9. The van der Waals surface area contributed by atoms with E-state index < -0.39 is 32.0 Å². The molecular weight excluding hydrogens is 474 g/mol. The van der Waals surface area contributed by atoms with Crippen molar-refractivity contribution in [2.45, 2.75) is 31.7 Å². The summed E-state index contributed by atoms with van der Waals surface area (Å²) in [4.78, 5) is 12.9. The first-order valence-electron chi connectivity index (χ1n) is 10.4. The minimum absolute atomic E-state index is 0.0246. The maximum atomic E-state index is 12.8. The third-order valence-corrected chi connectivity index (χ3v) is 7.75. The summed E-state index contributed by atoms with van der Waals surface area (Å²) >= 11 is 0. The smallest absolute Gasteiger partial charge is 0.261 e. The first-order chi connectivity index (χ1) is 15.9. The molecule has 3 rings (SSSR count). The first kappa shape index (κ1) is 25.3. The molecule has 0 aliphatic carbocycles. The van der Waals surface area contributed by atoms with Gasteiger partial charge in [-0.15, -0.1) is 0 Å². The third-order valence-electron chi connectivity index (χ3n) is 5.11. The van der Waals surface area contributed by atoms with Gasteiger partial charge in [-0.25, -0.2) is 16.8 Å². The van der Waals surface area contributed by atoms with Gasteiger partial charge in [0.1, 0.15) is 6.04 Å². The van der Waals surface area contributed by atoms with E-state index in [1.54, 1.807) is 48.5 Å². The third kappa shape index (κ3) is 6.15. The summed E-state index contributed by atoms with van der Waals surface area (Å²) in [7, 11) is -7.55. The maximum Gasteiger partial charge on any atom is 0.261 e. The molecular formula is C24H27N3O5S2. The van der Waals surface area contributed by atoms with Crippen LogP contribution in [0.4, 0.5) is 17.1 Å². The Kier molecular flexibility index (Phi) is 7.32. The van der Waals surface area contributed by atoms with Crippen molar-refractivity contribution in [3.63, 3.8) is 0 Å². The van der Waals surface area contributed by atoms with Crippen LogP contribution in [0, 0.1) is 13.8 Å². The fraction of sp³-hybridized carbons (Fsp3) is 0.208. The lowest BCUT2D eigenvalue weighted by molar-refractivity contribution is -0.116. The number of hydrogen-bond donors (Lipinski definition) is 2. The first-order valence-corrected chi connectivity index (χ1v) is 13.8. The lowest BCUT2D eigenvalue weighted by Crippen LogP contribution is -2.45. The van der Waals surface area contributed by atoms with Crippen molar-refractivity contribution < 1.29 is 21.6 Å².